The predicted molar refractivity (Wildman–Crippen MR) is 71.4 cm³/mol. The number of hydrogen-bond donors (Lipinski definition) is 0. The van der Waals surface area contributed by atoms with Crippen LogP contribution in [0.1, 0.15) is 22.3 Å². The lowest BCUT2D eigenvalue weighted by atomic mass is 10.1. The van der Waals surface area contributed by atoms with E-state index in [1.54, 1.807) is 0 Å². The predicted octanol–water partition coefficient (Wildman–Crippen LogP) is 3.75. The lowest BCUT2D eigenvalue weighted by Gasteiger charge is -2.09. The van der Waals surface area contributed by atoms with Crippen molar-refractivity contribution >= 4 is 0 Å². The van der Waals surface area contributed by atoms with E-state index in [1.165, 1.54) is 5.56 Å². The van der Waals surface area contributed by atoms with Gasteiger partial charge in [-0.2, -0.15) is 5.26 Å². The monoisotopic (exact) mass is 237 g/mol. The van der Waals surface area contributed by atoms with Gasteiger partial charge in [0.1, 0.15) is 12.4 Å². The Kier molecular flexibility index (Phi) is 3.64. The van der Waals surface area contributed by atoms with Gasteiger partial charge in [-0.3, -0.25) is 0 Å². The average Bonchev–Trinajstić information content (AvgIpc) is 2.37. The van der Waals surface area contributed by atoms with E-state index < -0.39 is 0 Å². The third kappa shape index (κ3) is 2.89. The third-order valence-corrected chi connectivity index (χ3v) is 2.86. The minimum absolute atomic E-state index is 0.529. The lowest BCUT2D eigenvalue weighted by molar-refractivity contribution is 0.305. The molecule has 0 aliphatic carbocycles. The van der Waals surface area contributed by atoms with Gasteiger partial charge >= 0.3 is 0 Å². The molecule has 0 aromatic heterocycles. The molecule has 2 aromatic rings. The summed E-state index contributed by atoms with van der Waals surface area (Å²) in [7, 11) is 0. The first-order valence-corrected chi connectivity index (χ1v) is 5.88. The highest BCUT2D eigenvalue weighted by Crippen LogP contribution is 2.16. The SMILES string of the molecule is Cc1cccc(OCc2ccc(C#N)cc2C)c1. The standard InChI is InChI=1S/C16H15NO/c1-12-4-3-5-16(8-12)18-11-15-7-6-14(10-17)9-13(15)2/h3-9H,11H2,1-2H3. The fourth-order valence-electron chi connectivity index (χ4n) is 1.79. The molecule has 0 aliphatic heterocycles. The van der Waals surface area contributed by atoms with E-state index in [1.807, 2.05) is 56.3 Å². The number of ether oxygens (including phenoxy) is 1. The van der Waals surface area contributed by atoms with Gasteiger partial charge in [0.05, 0.1) is 11.6 Å². The van der Waals surface area contributed by atoms with Crippen LogP contribution in [0.3, 0.4) is 0 Å². The number of rotatable bonds is 3. The van der Waals surface area contributed by atoms with Crippen molar-refractivity contribution in [3.05, 3.63) is 64.7 Å². The molecule has 2 nitrogen and oxygen atoms in total. The Balaban J connectivity index is 2.09. The molecule has 0 atom stereocenters. The Morgan fingerprint density at radius 1 is 1.11 bits per heavy atom. The van der Waals surface area contributed by atoms with Crippen molar-refractivity contribution in [2.45, 2.75) is 20.5 Å². The van der Waals surface area contributed by atoms with E-state index in [0.717, 1.165) is 16.9 Å². The van der Waals surface area contributed by atoms with Crippen LogP contribution in [-0.4, -0.2) is 0 Å². The first-order valence-electron chi connectivity index (χ1n) is 5.88. The van der Waals surface area contributed by atoms with Crippen LogP contribution >= 0.6 is 0 Å². The summed E-state index contributed by atoms with van der Waals surface area (Å²) in [4.78, 5) is 0. The van der Waals surface area contributed by atoms with Gasteiger partial charge in [0.15, 0.2) is 0 Å². The van der Waals surface area contributed by atoms with Gasteiger partial charge < -0.3 is 4.74 Å². The minimum atomic E-state index is 0.529. The maximum absolute atomic E-state index is 8.81. The fraction of sp³-hybridized carbons (Fsp3) is 0.188. The molecule has 0 fully saturated rings. The molecule has 18 heavy (non-hydrogen) atoms. The quantitative estimate of drug-likeness (QED) is 0.814. The van der Waals surface area contributed by atoms with E-state index in [-0.39, 0.29) is 0 Å². The summed E-state index contributed by atoms with van der Waals surface area (Å²) in [5, 5.41) is 8.81. The molecule has 0 aliphatic rings. The topological polar surface area (TPSA) is 33.0 Å². The minimum Gasteiger partial charge on any atom is -0.489 e. The molecule has 0 saturated carbocycles. The second kappa shape index (κ2) is 5.37. The van der Waals surface area contributed by atoms with Crippen LogP contribution in [0.15, 0.2) is 42.5 Å². The Bertz CT molecular complexity index is 596. The molecule has 0 radical (unpaired) electrons. The molecular formula is C16H15NO. The number of aryl methyl sites for hydroxylation is 2. The van der Waals surface area contributed by atoms with Crippen molar-refractivity contribution in [3.8, 4) is 11.8 Å². The van der Waals surface area contributed by atoms with E-state index in [2.05, 4.69) is 6.07 Å². The summed E-state index contributed by atoms with van der Waals surface area (Å²) in [5.41, 5.74) is 4.06. The molecule has 0 amide bonds. The maximum atomic E-state index is 8.81. The van der Waals surface area contributed by atoms with Crippen molar-refractivity contribution in [3.63, 3.8) is 0 Å². The van der Waals surface area contributed by atoms with Gasteiger partial charge in [-0.05, 0) is 54.8 Å². The summed E-state index contributed by atoms with van der Waals surface area (Å²) >= 11 is 0. The Labute approximate surface area is 107 Å². The lowest BCUT2D eigenvalue weighted by Crippen LogP contribution is -1.98. The van der Waals surface area contributed by atoms with Gasteiger partial charge in [-0.1, -0.05) is 18.2 Å². The van der Waals surface area contributed by atoms with Crippen LogP contribution in [0.25, 0.3) is 0 Å². The Hall–Kier alpha value is -2.27. The van der Waals surface area contributed by atoms with Gasteiger partial charge in [0.25, 0.3) is 0 Å². The Morgan fingerprint density at radius 3 is 2.61 bits per heavy atom. The molecular weight excluding hydrogens is 222 g/mol. The summed E-state index contributed by atoms with van der Waals surface area (Å²) in [5.74, 6) is 0.874. The van der Waals surface area contributed by atoms with Gasteiger partial charge in [0, 0.05) is 0 Å². The number of hydrogen-bond acceptors (Lipinski definition) is 2. The summed E-state index contributed by atoms with van der Waals surface area (Å²) < 4.78 is 5.74. The number of nitrogens with zero attached hydrogens (tertiary/aromatic N) is 1. The number of benzene rings is 2. The zero-order valence-electron chi connectivity index (χ0n) is 10.6. The molecule has 2 heteroatoms. The van der Waals surface area contributed by atoms with Gasteiger partial charge in [-0.25, -0.2) is 0 Å². The first-order chi connectivity index (χ1) is 8.69. The van der Waals surface area contributed by atoms with Crippen LogP contribution < -0.4 is 4.74 Å². The second-order valence-corrected chi connectivity index (χ2v) is 4.36. The zero-order valence-corrected chi connectivity index (χ0v) is 10.6. The summed E-state index contributed by atoms with van der Waals surface area (Å²) in [6, 6.07) is 15.8. The van der Waals surface area contributed by atoms with E-state index in [0.29, 0.717) is 12.2 Å². The number of nitriles is 1. The average molecular weight is 237 g/mol. The fourth-order valence-corrected chi connectivity index (χ4v) is 1.79. The molecule has 2 rings (SSSR count). The van der Waals surface area contributed by atoms with Crippen molar-refractivity contribution in [1.82, 2.24) is 0 Å². The van der Waals surface area contributed by atoms with Crippen molar-refractivity contribution in [2.24, 2.45) is 0 Å². The highest BCUT2D eigenvalue weighted by atomic mass is 16.5. The molecule has 0 spiro atoms. The molecule has 0 heterocycles. The van der Waals surface area contributed by atoms with Crippen LogP contribution in [-0.2, 0) is 6.61 Å². The highest BCUT2D eigenvalue weighted by molar-refractivity contribution is 5.37. The van der Waals surface area contributed by atoms with Crippen LogP contribution in [0.2, 0.25) is 0 Å². The zero-order chi connectivity index (χ0) is 13.0. The molecule has 90 valence electrons. The van der Waals surface area contributed by atoms with Crippen molar-refractivity contribution in [1.29, 1.82) is 5.26 Å². The van der Waals surface area contributed by atoms with Gasteiger partial charge in [-0.15, -0.1) is 0 Å². The largest absolute Gasteiger partial charge is 0.489 e. The van der Waals surface area contributed by atoms with Crippen molar-refractivity contribution < 1.29 is 4.74 Å². The molecule has 0 bridgehead atoms. The normalized spacial score (nSPS) is 9.83. The molecule has 0 N–H and O–H groups in total. The summed E-state index contributed by atoms with van der Waals surface area (Å²) in [6.45, 7) is 4.57. The molecule has 0 unspecified atom stereocenters. The van der Waals surface area contributed by atoms with Crippen LogP contribution in [0, 0.1) is 25.2 Å². The van der Waals surface area contributed by atoms with Crippen molar-refractivity contribution in [2.75, 3.05) is 0 Å². The highest BCUT2D eigenvalue weighted by Gasteiger charge is 2.01. The third-order valence-electron chi connectivity index (χ3n) is 2.86. The Morgan fingerprint density at radius 2 is 1.94 bits per heavy atom. The van der Waals surface area contributed by atoms with Crippen LogP contribution in [0.4, 0.5) is 0 Å². The summed E-state index contributed by atoms with van der Waals surface area (Å²) in [6.07, 6.45) is 0. The van der Waals surface area contributed by atoms with E-state index >= 15 is 0 Å². The molecule has 0 saturated heterocycles. The van der Waals surface area contributed by atoms with Crippen LogP contribution in [0.5, 0.6) is 5.75 Å². The molecule has 2 aromatic carbocycles. The van der Waals surface area contributed by atoms with Gasteiger partial charge in [0.2, 0.25) is 0 Å². The maximum Gasteiger partial charge on any atom is 0.120 e. The second-order valence-electron chi connectivity index (χ2n) is 4.36. The van der Waals surface area contributed by atoms with E-state index in [4.69, 9.17) is 10.00 Å². The smallest absolute Gasteiger partial charge is 0.120 e. The first kappa shape index (κ1) is 12.2. The van der Waals surface area contributed by atoms with E-state index in [9.17, 15) is 0 Å².